The highest BCUT2D eigenvalue weighted by atomic mass is 15.3. The minimum atomic E-state index is 0.805. The Hall–Kier alpha value is -2.23. The van der Waals surface area contributed by atoms with Gasteiger partial charge in [0, 0.05) is 47.6 Å². The monoisotopic (exact) mass is 254 g/mol. The summed E-state index contributed by atoms with van der Waals surface area (Å²) in [5, 5.41) is 8.99. The van der Waals surface area contributed by atoms with Crippen LogP contribution < -0.4 is 5.32 Å². The number of aromatic amines is 1. The van der Waals surface area contributed by atoms with Gasteiger partial charge in [0.2, 0.25) is 0 Å². The summed E-state index contributed by atoms with van der Waals surface area (Å²) < 4.78 is 1.99. The average Bonchev–Trinajstić information content (AvgIpc) is 3.04. The van der Waals surface area contributed by atoms with Crippen molar-refractivity contribution < 1.29 is 0 Å². The lowest BCUT2D eigenvalue weighted by Crippen LogP contribution is -1.99. The number of hydrogen-bond donors (Lipinski definition) is 2. The van der Waals surface area contributed by atoms with Crippen molar-refractivity contribution in [3.05, 3.63) is 48.4 Å². The van der Waals surface area contributed by atoms with E-state index in [0.717, 1.165) is 25.2 Å². The highest BCUT2D eigenvalue weighted by Crippen LogP contribution is 2.18. The highest BCUT2D eigenvalue weighted by molar-refractivity contribution is 5.82. The maximum atomic E-state index is 4.33. The Morgan fingerprint density at radius 1 is 1.32 bits per heavy atom. The molecule has 4 heteroatoms. The van der Waals surface area contributed by atoms with Crippen LogP contribution in [0.25, 0.3) is 10.9 Å². The predicted octanol–water partition coefficient (Wildman–Crippen LogP) is 3.39. The van der Waals surface area contributed by atoms with Crippen molar-refractivity contribution in [1.29, 1.82) is 0 Å². The number of H-pyrrole nitrogens is 1. The molecular weight excluding hydrogens is 236 g/mol. The van der Waals surface area contributed by atoms with Gasteiger partial charge in [0.05, 0.1) is 6.20 Å². The molecule has 0 unspecified atom stereocenters. The number of nitrogens with zero attached hydrogens (tertiary/aromatic N) is 2. The van der Waals surface area contributed by atoms with Crippen LogP contribution in [0.15, 0.2) is 42.9 Å². The molecule has 98 valence electrons. The molecule has 0 radical (unpaired) electrons. The van der Waals surface area contributed by atoms with Crippen LogP contribution in [-0.4, -0.2) is 14.8 Å². The molecule has 3 rings (SSSR count). The third kappa shape index (κ3) is 2.62. The van der Waals surface area contributed by atoms with E-state index in [1.165, 1.54) is 16.5 Å². The van der Waals surface area contributed by atoms with Crippen molar-refractivity contribution in [3.8, 4) is 0 Å². The van der Waals surface area contributed by atoms with E-state index in [9.17, 15) is 0 Å². The summed E-state index contributed by atoms with van der Waals surface area (Å²) in [6.45, 7) is 3.95. The zero-order valence-electron chi connectivity index (χ0n) is 11.1. The van der Waals surface area contributed by atoms with E-state index in [1.54, 1.807) is 0 Å². The van der Waals surface area contributed by atoms with E-state index >= 15 is 0 Å². The van der Waals surface area contributed by atoms with E-state index in [-0.39, 0.29) is 0 Å². The van der Waals surface area contributed by atoms with E-state index in [1.807, 2.05) is 17.1 Å². The molecule has 0 bridgehead atoms. The number of rotatable bonds is 5. The fourth-order valence-electron chi connectivity index (χ4n) is 2.22. The number of anilines is 1. The first-order valence-electron chi connectivity index (χ1n) is 6.67. The summed E-state index contributed by atoms with van der Waals surface area (Å²) in [6, 6.07) is 8.43. The molecule has 2 aromatic heterocycles. The van der Waals surface area contributed by atoms with Gasteiger partial charge in [-0.25, -0.2) is 0 Å². The lowest BCUT2D eigenvalue weighted by molar-refractivity contribution is 0.602. The Kier molecular flexibility index (Phi) is 3.23. The second-order valence-corrected chi connectivity index (χ2v) is 4.74. The van der Waals surface area contributed by atoms with Crippen molar-refractivity contribution in [2.75, 3.05) is 5.32 Å². The topological polar surface area (TPSA) is 45.6 Å². The molecule has 1 aromatic carbocycles. The average molecular weight is 254 g/mol. The Balaban J connectivity index is 1.67. The molecule has 0 saturated heterocycles. The standard InChI is InChI=1S/C15H18N4/c1-2-7-19-11-12(10-18-19)9-17-14-3-4-15-13(8-14)5-6-16-15/h3-6,8,10-11,16-17H,2,7,9H2,1H3. The van der Waals surface area contributed by atoms with Crippen molar-refractivity contribution >= 4 is 16.6 Å². The molecule has 4 nitrogen and oxygen atoms in total. The predicted molar refractivity (Wildman–Crippen MR) is 78.1 cm³/mol. The quantitative estimate of drug-likeness (QED) is 0.733. The van der Waals surface area contributed by atoms with Crippen LogP contribution in [-0.2, 0) is 13.1 Å². The molecule has 0 spiro atoms. The Labute approximate surface area is 112 Å². The second kappa shape index (κ2) is 5.18. The van der Waals surface area contributed by atoms with Gasteiger partial charge in [0.1, 0.15) is 0 Å². The largest absolute Gasteiger partial charge is 0.381 e. The zero-order valence-corrected chi connectivity index (χ0v) is 11.1. The Morgan fingerprint density at radius 3 is 3.16 bits per heavy atom. The van der Waals surface area contributed by atoms with E-state index in [0.29, 0.717) is 0 Å². The number of hydrogen-bond acceptors (Lipinski definition) is 2. The van der Waals surface area contributed by atoms with E-state index in [4.69, 9.17) is 0 Å². The summed E-state index contributed by atoms with van der Waals surface area (Å²) in [5.74, 6) is 0. The number of fused-ring (bicyclic) bond motifs is 1. The van der Waals surface area contributed by atoms with E-state index < -0.39 is 0 Å². The molecule has 0 aliphatic carbocycles. The van der Waals surface area contributed by atoms with Gasteiger partial charge in [-0.05, 0) is 30.7 Å². The number of aromatic nitrogens is 3. The molecule has 2 N–H and O–H groups in total. The molecule has 3 aromatic rings. The van der Waals surface area contributed by atoms with Crippen LogP contribution in [0.1, 0.15) is 18.9 Å². The molecule has 0 saturated carbocycles. The van der Waals surface area contributed by atoms with Crippen LogP contribution in [0.5, 0.6) is 0 Å². The second-order valence-electron chi connectivity index (χ2n) is 4.74. The van der Waals surface area contributed by atoms with Gasteiger partial charge in [-0.3, -0.25) is 4.68 Å². The smallest absolute Gasteiger partial charge is 0.0539 e. The summed E-state index contributed by atoms with van der Waals surface area (Å²) in [7, 11) is 0. The third-order valence-corrected chi connectivity index (χ3v) is 3.19. The maximum Gasteiger partial charge on any atom is 0.0539 e. The maximum absolute atomic E-state index is 4.33. The number of aryl methyl sites for hydroxylation is 1. The summed E-state index contributed by atoms with van der Waals surface area (Å²) >= 11 is 0. The van der Waals surface area contributed by atoms with Crippen LogP contribution >= 0.6 is 0 Å². The molecule has 2 heterocycles. The molecular formula is C15H18N4. The van der Waals surface area contributed by atoms with Crippen molar-refractivity contribution in [1.82, 2.24) is 14.8 Å². The molecule has 19 heavy (non-hydrogen) atoms. The third-order valence-electron chi connectivity index (χ3n) is 3.19. The fraction of sp³-hybridized carbons (Fsp3) is 0.267. The first-order valence-corrected chi connectivity index (χ1v) is 6.67. The number of benzene rings is 1. The molecule has 0 atom stereocenters. The zero-order chi connectivity index (χ0) is 13.1. The van der Waals surface area contributed by atoms with Gasteiger partial charge in [-0.15, -0.1) is 0 Å². The van der Waals surface area contributed by atoms with Gasteiger partial charge in [0.25, 0.3) is 0 Å². The van der Waals surface area contributed by atoms with Crippen molar-refractivity contribution in [2.45, 2.75) is 26.4 Å². The van der Waals surface area contributed by atoms with Crippen LogP contribution in [0.3, 0.4) is 0 Å². The van der Waals surface area contributed by atoms with Crippen LogP contribution in [0.2, 0.25) is 0 Å². The Bertz CT molecular complexity index is 665. The first kappa shape index (κ1) is 11.8. The first-order chi connectivity index (χ1) is 9.35. The summed E-state index contributed by atoms with van der Waals surface area (Å²) in [6.07, 6.45) is 7.10. The van der Waals surface area contributed by atoms with E-state index in [2.05, 4.69) is 52.8 Å². The van der Waals surface area contributed by atoms with Gasteiger partial charge < -0.3 is 10.3 Å². The summed E-state index contributed by atoms with van der Waals surface area (Å²) in [5.41, 5.74) is 3.51. The molecule has 0 amide bonds. The fourth-order valence-corrected chi connectivity index (χ4v) is 2.22. The highest BCUT2D eigenvalue weighted by Gasteiger charge is 2.00. The summed E-state index contributed by atoms with van der Waals surface area (Å²) in [4.78, 5) is 3.20. The minimum Gasteiger partial charge on any atom is -0.381 e. The SMILES string of the molecule is CCCn1cc(CNc2ccc3[nH]ccc3c2)cn1. The van der Waals surface area contributed by atoms with Gasteiger partial charge in [-0.1, -0.05) is 6.92 Å². The molecule has 0 aliphatic heterocycles. The van der Waals surface area contributed by atoms with Crippen molar-refractivity contribution in [3.63, 3.8) is 0 Å². The normalized spacial score (nSPS) is 11.0. The van der Waals surface area contributed by atoms with Gasteiger partial charge in [-0.2, -0.15) is 5.10 Å². The molecule has 0 fully saturated rings. The lowest BCUT2D eigenvalue weighted by Gasteiger charge is -2.04. The van der Waals surface area contributed by atoms with Gasteiger partial charge in [0.15, 0.2) is 0 Å². The van der Waals surface area contributed by atoms with Crippen LogP contribution in [0.4, 0.5) is 5.69 Å². The Morgan fingerprint density at radius 2 is 2.26 bits per heavy atom. The van der Waals surface area contributed by atoms with Crippen LogP contribution in [0, 0.1) is 0 Å². The minimum absolute atomic E-state index is 0.805. The van der Waals surface area contributed by atoms with Crippen molar-refractivity contribution in [2.24, 2.45) is 0 Å². The number of nitrogens with one attached hydrogen (secondary N) is 2. The molecule has 0 aliphatic rings. The lowest BCUT2D eigenvalue weighted by atomic mass is 10.2. The van der Waals surface area contributed by atoms with Gasteiger partial charge >= 0.3 is 0 Å².